The topological polar surface area (TPSA) is 120 Å². The molecule has 2 atom stereocenters. The lowest BCUT2D eigenvalue weighted by Gasteiger charge is -2.20. The molecule has 492 valence electrons. The van der Waals surface area contributed by atoms with E-state index in [1.807, 2.05) is 203 Å². The smallest absolute Gasteiger partial charge is 0.227 e. The highest BCUT2D eigenvalue weighted by Crippen LogP contribution is 2.44. The standard InChI is InChI=1S/2C22H23N2O.2C21H21N2O/c1-13(2)18-10-9-17-16-8-7-15(4)20(21(16)25-22(17)23-18)19-11-6-14(3)12-24(19)5;1-14-18(16-11-8-9-13-24(16)5)20-19(21(23-14)22(2,3)4)15-10-6-7-12-17(15)25-20;1-13(2)16-10-11-18-20(22-16)15-9-8-14(3)19(21(15)24-18)17-7-5-6-12-23(17)4;1-13(2)20-19-15-9-8-14(3)18(16-7-5-6-12-23(16)4)21(15)24-17(19)10-11-22-20/h2*6-13H,1-5H3;2*5-13H,1-4H3/q4*+1/i13D;2D3;2*1D3,13D. The molecular formula is C86H88N8O4+4. The molecule has 0 amide bonds. The number of pyridine rings is 8. The van der Waals surface area contributed by atoms with Crippen LogP contribution in [0.1, 0.15) is 147 Å². The van der Waals surface area contributed by atoms with Crippen molar-refractivity contribution in [2.75, 3.05) is 0 Å². The molecule has 0 radical (unpaired) electrons. The first-order chi connectivity index (χ1) is 51.6. The molecule has 2 unspecified atom stereocenters. The molecule has 98 heavy (non-hydrogen) atoms. The summed E-state index contributed by atoms with van der Waals surface area (Å²) in [6.07, 6.45) is 9.56. The Morgan fingerprint density at radius 3 is 1.57 bits per heavy atom. The summed E-state index contributed by atoms with van der Waals surface area (Å²) in [5.41, 5.74) is 19.7. The van der Waals surface area contributed by atoms with E-state index in [4.69, 9.17) is 39.1 Å². The summed E-state index contributed by atoms with van der Waals surface area (Å²) in [7, 11) is 7.99. The van der Waals surface area contributed by atoms with Gasteiger partial charge in [0.1, 0.15) is 56.0 Å². The number of benzene rings is 4. The van der Waals surface area contributed by atoms with Crippen LogP contribution < -0.4 is 18.3 Å². The summed E-state index contributed by atoms with van der Waals surface area (Å²) in [4.78, 5) is 18.3. The summed E-state index contributed by atoms with van der Waals surface area (Å²) in [6.45, 7) is 12.8. The molecule has 0 aliphatic carbocycles. The van der Waals surface area contributed by atoms with Gasteiger partial charge in [-0.05, 0) is 136 Å². The van der Waals surface area contributed by atoms with Gasteiger partial charge in [-0.3, -0.25) is 9.97 Å². The first-order valence-corrected chi connectivity index (χ1v) is 32.7. The molecule has 0 aliphatic heterocycles. The van der Waals surface area contributed by atoms with E-state index in [-0.39, 0.29) is 11.4 Å². The van der Waals surface area contributed by atoms with E-state index in [0.717, 1.165) is 111 Å². The molecule has 0 saturated carbocycles. The second kappa shape index (κ2) is 26.4. The fraction of sp³-hybridized carbons (Fsp3) is 0.256. The van der Waals surface area contributed by atoms with Gasteiger partial charge in [-0.1, -0.05) is 111 Å². The number of aromatic nitrogens is 8. The highest BCUT2D eigenvalue weighted by molar-refractivity contribution is 6.13. The number of nitrogens with zero attached hydrogens (tertiary/aromatic N) is 8. The first kappa shape index (κ1) is 52.5. The molecule has 12 nitrogen and oxygen atoms in total. The summed E-state index contributed by atoms with van der Waals surface area (Å²) in [5, 5.41) is 5.88. The third-order valence-electron chi connectivity index (χ3n) is 18.2. The summed E-state index contributed by atoms with van der Waals surface area (Å²) >= 11 is 0. The SMILES string of the molecule is [2H]C(C)(C)c1ccc2c(n1)oc1c(-c3ccc(C)c[n+]3C)c(C)ccc12.[2H]C([2H])([2H])C(C)(C)c1nc(C)c(-c2cccc[n+]2C)c2oc3ccccc3c12.[2H]C([2H])([2H])C([2H])(C)c1ccc2oc3c(-c4cccc[n+]4C)c(C)ccc3c2n1.[2H]C([2H])([2H])C([2H])(C)c1nccc2oc3c(-c4cccc[n+]4C)c(C)ccc3c12. The lowest BCUT2D eigenvalue weighted by molar-refractivity contribution is -0.660. The van der Waals surface area contributed by atoms with Crippen LogP contribution in [0.5, 0.6) is 0 Å². The Kier molecular flexibility index (Phi) is 14.1. The predicted molar refractivity (Wildman–Crippen MR) is 397 cm³/mol. The van der Waals surface area contributed by atoms with Gasteiger partial charge in [-0.15, -0.1) is 0 Å². The van der Waals surface area contributed by atoms with Gasteiger partial charge in [0, 0.05) is 114 Å². The van der Waals surface area contributed by atoms with Crippen molar-refractivity contribution in [2.24, 2.45) is 28.2 Å². The maximum Gasteiger partial charge on any atom is 0.227 e. The van der Waals surface area contributed by atoms with E-state index in [9.17, 15) is 0 Å². The molecule has 12 aromatic heterocycles. The average Bonchev–Trinajstić information content (AvgIpc) is 1.52. The Morgan fingerprint density at radius 2 is 0.959 bits per heavy atom. The van der Waals surface area contributed by atoms with Crippen molar-refractivity contribution >= 4 is 88.0 Å². The number of hydrogen-bond acceptors (Lipinski definition) is 8. The third kappa shape index (κ3) is 12.2. The van der Waals surface area contributed by atoms with Crippen molar-refractivity contribution in [2.45, 2.75) is 120 Å². The van der Waals surface area contributed by atoms with E-state index in [0.29, 0.717) is 55.9 Å². The van der Waals surface area contributed by atoms with E-state index >= 15 is 0 Å². The lowest BCUT2D eigenvalue weighted by atomic mass is 9.87. The van der Waals surface area contributed by atoms with Crippen LogP contribution in [0.15, 0.2) is 206 Å². The molecule has 0 saturated heterocycles. The first-order valence-electron chi connectivity index (χ1n) is 38.7. The van der Waals surface area contributed by atoms with E-state index < -0.39 is 43.7 Å². The number of aryl methyl sites for hydroxylation is 9. The second-order valence-electron chi connectivity index (χ2n) is 26.2. The summed E-state index contributed by atoms with van der Waals surface area (Å²) in [6, 6.07) is 50.9. The van der Waals surface area contributed by atoms with Crippen LogP contribution >= 0.6 is 0 Å². The van der Waals surface area contributed by atoms with Gasteiger partial charge in [0.2, 0.25) is 28.5 Å². The normalized spacial score (nSPS) is 15.3. The van der Waals surface area contributed by atoms with Gasteiger partial charge in [0.05, 0.1) is 44.5 Å². The molecule has 12 heterocycles. The maximum absolute atomic E-state index is 8.54. The Hall–Kier alpha value is -10.7. The zero-order chi connectivity index (χ0) is 79.4. The maximum atomic E-state index is 8.54. The average molecular weight is 1310 g/mol. The van der Waals surface area contributed by atoms with Gasteiger partial charge < -0.3 is 17.7 Å². The summed E-state index contributed by atoms with van der Waals surface area (Å²) < 4.78 is 129. The Balaban J connectivity index is 0.000000129. The van der Waals surface area contributed by atoms with Crippen molar-refractivity contribution < 1.29 is 52.4 Å². The number of hydrogen-bond donors (Lipinski definition) is 0. The van der Waals surface area contributed by atoms with Gasteiger partial charge in [-0.25, -0.2) is 28.2 Å². The van der Waals surface area contributed by atoms with Gasteiger partial charge >= 0.3 is 0 Å². The zero-order valence-corrected chi connectivity index (χ0v) is 58.1. The number of rotatable bonds is 7. The molecule has 16 rings (SSSR count). The molecular weight excluding hydrogens is 1210 g/mol. The van der Waals surface area contributed by atoms with Crippen LogP contribution in [0.4, 0.5) is 0 Å². The largest absolute Gasteiger partial charge is 0.455 e. The van der Waals surface area contributed by atoms with Crippen LogP contribution in [0.3, 0.4) is 0 Å². The molecule has 0 fully saturated rings. The molecule has 0 spiro atoms. The highest BCUT2D eigenvalue weighted by atomic mass is 16.3. The number of furan rings is 4. The molecule has 16 aromatic rings. The van der Waals surface area contributed by atoms with Crippen molar-refractivity contribution in [1.82, 2.24) is 19.9 Å². The molecule has 12 heteroatoms. The second-order valence-corrected chi connectivity index (χ2v) is 26.2. The van der Waals surface area contributed by atoms with Crippen molar-refractivity contribution in [3.8, 4) is 45.0 Å². The van der Waals surface area contributed by atoms with Crippen LogP contribution in [0.25, 0.3) is 133 Å². The van der Waals surface area contributed by atoms with E-state index in [1.54, 1.807) is 32.0 Å². The Bertz CT molecular complexity index is 6290. The minimum atomic E-state index is -2.52. The van der Waals surface area contributed by atoms with Crippen LogP contribution in [-0.2, 0) is 33.6 Å². The predicted octanol–water partition coefficient (Wildman–Crippen LogP) is 20.1. The lowest BCUT2D eigenvalue weighted by Crippen LogP contribution is -2.31. The van der Waals surface area contributed by atoms with Crippen molar-refractivity contribution in [1.29, 1.82) is 0 Å². The van der Waals surface area contributed by atoms with E-state index in [1.165, 1.54) is 25.6 Å². The van der Waals surface area contributed by atoms with E-state index in [2.05, 4.69) is 70.9 Å². The minimum absolute atomic E-state index is 0.204. The number of para-hydroxylation sites is 1. The highest BCUT2D eigenvalue weighted by Gasteiger charge is 2.30. The van der Waals surface area contributed by atoms with Crippen molar-refractivity contribution in [3.05, 3.63) is 239 Å². The fourth-order valence-electron chi connectivity index (χ4n) is 13.2. The third-order valence-corrected chi connectivity index (χ3v) is 18.2. The zero-order valence-electron chi connectivity index (χ0n) is 70.1. The van der Waals surface area contributed by atoms with Crippen molar-refractivity contribution in [3.63, 3.8) is 0 Å². The Morgan fingerprint density at radius 1 is 0.429 bits per heavy atom. The quantitative estimate of drug-likeness (QED) is 0.145. The van der Waals surface area contributed by atoms with Gasteiger partial charge in [-0.2, -0.15) is 0 Å². The van der Waals surface area contributed by atoms with Crippen LogP contribution in [0.2, 0.25) is 0 Å². The summed E-state index contributed by atoms with van der Waals surface area (Å²) in [5.74, 6) is -4.41. The minimum Gasteiger partial charge on any atom is -0.455 e. The molecule has 4 aromatic carbocycles. The molecule has 0 bridgehead atoms. The van der Waals surface area contributed by atoms with Gasteiger partial charge in [0.15, 0.2) is 47.1 Å². The molecule has 0 aliphatic rings. The van der Waals surface area contributed by atoms with Crippen LogP contribution in [0, 0.1) is 34.6 Å². The monoisotopic (exact) mass is 1310 g/mol. The fourth-order valence-corrected chi connectivity index (χ4v) is 13.2. The Labute approximate surface area is 590 Å². The number of fused-ring (bicyclic) bond motifs is 12. The molecule has 0 N–H and O–H groups in total. The van der Waals surface area contributed by atoms with Crippen LogP contribution in [-0.4, -0.2) is 19.9 Å². The van der Waals surface area contributed by atoms with Gasteiger partial charge in [0.25, 0.3) is 0 Å².